The number of hydrogen-bond donors (Lipinski definition) is 3. The molecule has 3 rings (SSSR count). The summed E-state index contributed by atoms with van der Waals surface area (Å²) in [6.45, 7) is 3.39. The van der Waals surface area contributed by atoms with Crippen LogP contribution in [0.25, 0.3) is 10.8 Å². The summed E-state index contributed by atoms with van der Waals surface area (Å²) in [4.78, 5) is 4.36. The second-order valence-corrected chi connectivity index (χ2v) is 6.78. The fraction of sp³-hybridized carbons (Fsp3) is 0.550. The Morgan fingerprint density at radius 3 is 2.67 bits per heavy atom. The van der Waals surface area contributed by atoms with Crippen LogP contribution in [0.1, 0.15) is 44.6 Å². The van der Waals surface area contributed by atoms with Gasteiger partial charge in [0, 0.05) is 47.5 Å². The van der Waals surface area contributed by atoms with Crippen molar-refractivity contribution in [3.05, 3.63) is 36.2 Å². The van der Waals surface area contributed by atoms with Gasteiger partial charge in [0.15, 0.2) is 0 Å². The lowest BCUT2D eigenvalue weighted by molar-refractivity contribution is 0.276. The Labute approximate surface area is 144 Å². The summed E-state index contributed by atoms with van der Waals surface area (Å²) in [5, 5.41) is 18.8. The van der Waals surface area contributed by atoms with Crippen LogP contribution in [0.4, 0.5) is 5.69 Å². The highest BCUT2D eigenvalue weighted by atomic mass is 16.3. The smallest absolute Gasteiger partial charge is 0.0443 e. The Morgan fingerprint density at radius 2 is 1.92 bits per heavy atom. The number of pyridine rings is 1. The summed E-state index contributed by atoms with van der Waals surface area (Å²) in [7, 11) is 0. The van der Waals surface area contributed by atoms with Crippen molar-refractivity contribution in [2.75, 3.05) is 18.5 Å². The summed E-state index contributed by atoms with van der Waals surface area (Å²) in [5.41, 5.74) is 2.57. The number of aromatic nitrogens is 1. The van der Waals surface area contributed by atoms with Crippen molar-refractivity contribution in [1.29, 1.82) is 0 Å². The molecule has 1 aromatic heterocycles. The van der Waals surface area contributed by atoms with Gasteiger partial charge in [-0.1, -0.05) is 19.1 Å². The molecule has 1 aliphatic carbocycles. The maximum atomic E-state index is 8.88. The van der Waals surface area contributed by atoms with E-state index in [9.17, 15) is 0 Å². The lowest BCUT2D eigenvalue weighted by atomic mass is 9.90. The van der Waals surface area contributed by atoms with E-state index in [4.69, 9.17) is 5.11 Å². The van der Waals surface area contributed by atoms with Gasteiger partial charge in [-0.05, 0) is 56.7 Å². The SMILES string of the molecule is CCc1cncc2cccc(N[C@H]3CC[C@@H](NCCCO)CC3)c12. The Balaban J connectivity index is 1.64. The highest BCUT2D eigenvalue weighted by Crippen LogP contribution is 2.29. The van der Waals surface area contributed by atoms with Gasteiger partial charge < -0.3 is 15.7 Å². The van der Waals surface area contributed by atoms with Crippen molar-refractivity contribution >= 4 is 16.5 Å². The largest absolute Gasteiger partial charge is 0.396 e. The van der Waals surface area contributed by atoms with Crippen molar-refractivity contribution < 1.29 is 5.11 Å². The monoisotopic (exact) mass is 327 g/mol. The minimum atomic E-state index is 0.277. The van der Waals surface area contributed by atoms with Gasteiger partial charge in [0.05, 0.1) is 0 Å². The first-order chi connectivity index (χ1) is 11.8. The first-order valence-corrected chi connectivity index (χ1v) is 9.28. The van der Waals surface area contributed by atoms with E-state index in [1.807, 2.05) is 12.4 Å². The predicted molar refractivity (Wildman–Crippen MR) is 100 cm³/mol. The van der Waals surface area contributed by atoms with Gasteiger partial charge in [-0.25, -0.2) is 0 Å². The van der Waals surface area contributed by atoms with Crippen LogP contribution < -0.4 is 10.6 Å². The molecule has 3 N–H and O–H groups in total. The van der Waals surface area contributed by atoms with Crippen LogP contribution in [0.2, 0.25) is 0 Å². The second-order valence-electron chi connectivity index (χ2n) is 6.78. The summed E-state index contributed by atoms with van der Waals surface area (Å²) in [6, 6.07) is 7.62. The van der Waals surface area contributed by atoms with E-state index in [1.54, 1.807) is 0 Å². The molecule has 0 bridgehead atoms. The van der Waals surface area contributed by atoms with Crippen LogP contribution in [0.3, 0.4) is 0 Å². The van der Waals surface area contributed by atoms with Crippen LogP contribution >= 0.6 is 0 Å². The van der Waals surface area contributed by atoms with E-state index in [0.29, 0.717) is 12.1 Å². The number of anilines is 1. The third-order valence-corrected chi connectivity index (χ3v) is 5.10. The van der Waals surface area contributed by atoms with E-state index >= 15 is 0 Å². The minimum Gasteiger partial charge on any atom is -0.396 e. The lowest BCUT2D eigenvalue weighted by Crippen LogP contribution is -2.37. The number of rotatable bonds is 7. The normalized spacial score (nSPS) is 21.1. The molecule has 0 spiro atoms. The molecule has 1 aromatic carbocycles. The fourth-order valence-corrected chi connectivity index (χ4v) is 3.74. The summed E-state index contributed by atoms with van der Waals surface area (Å²) >= 11 is 0. The van der Waals surface area contributed by atoms with Crippen molar-refractivity contribution in [3.8, 4) is 0 Å². The second kappa shape index (κ2) is 8.45. The number of aliphatic hydroxyl groups is 1. The number of hydrogen-bond acceptors (Lipinski definition) is 4. The van der Waals surface area contributed by atoms with Crippen molar-refractivity contribution in [3.63, 3.8) is 0 Å². The standard InChI is InChI=1S/C20H29N3O/c1-2-15-13-21-14-16-5-3-6-19(20(15)16)23-18-9-7-17(8-10-18)22-11-4-12-24/h3,5-6,13-14,17-18,22-24H,2,4,7-12H2,1H3/t17-,18+. The molecular formula is C20H29N3O. The van der Waals surface area contributed by atoms with Crippen LogP contribution in [0.15, 0.2) is 30.6 Å². The van der Waals surface area contributed by atoms with E-state index in [-0.39, 0.29) is 6.61 Å². The molecule has 1 aliphatic rings. The van der Waals surface area contributed by atoms with Crippen LogP contribution in [-0.4, -0.2) is 35.3 Å². The Bertz CT molecular complexity index is 645. The molecule has 0 atom stereocenters. The molecule has 4 nitrogen and oxygen atoms in total. The van der Waals surface area contributed by atoms with Crippen molar-refractivity contribution in [2.24, 2.45) is 0 Å². The quantitative estimate of drug-likeness (QED) is 0.681. The fourth-order valence-electron chi connectivity index (χ4n) is 3.74. The molecule has 2 aromatic rings. The Kier molecular flexibility index (Phi) is 6.05. The zero-order valence-corrected chi connectivity index (χ0v) is 14.6. The van der Waals surface area contributed by atoms with Gasteiger partial charge in [-0.3, -0.25) is 4.98 Å². The molecule has 4 heteroatoms. The molecule has 130 valence electrons. The molecule has 0 saturated heterocycles. The summed E-state index contributed by atoms with van der Waals surface area (Å²) < 4.78 is 0. The van der Waals surface area contributed by atoms with Crippen LogP contribution in [-0.2, 0) is 6.42 Å². The first-order valence-electron chi connectivity index (χ1n) is 9.28. The number of aliphatic hydroxyl groups excluding tert-OH is 1. The summed E-state index contributed by atoms with van der Waals surface area (Å²) in [6.07, 6.45) is 10.6. The maximum absolute atomic E-state index is 8.88. The Hall–Kier alpha value is -1.65. The van der Waals surface area contributed by atoms with Gasteiger partial charge in [0.25, 0.3) is 0 Å². The predicted octanol–water partition coefficient (Wildman–Crippen LogP) is 3.49. The van der Waals surface area contributed by atoms with Crippen molar-refractivity contribution in [2.45, 2.75) is 57.5 Å². The zero-order chi connectivity index (χ0) is 16.8. The highest BCUT2D eigenvalue weighted by Gasteiger charge is 2.21. The topological polar surface area (TPSA) is 57.2 Å². The van der Waals surface area contributed by atoms with E-state index in [2.05, 4.69) is 40.7 Å². The molecule has 1 fully saturated rings. The molecule has 1 heterocycles. The number of aryl methyl sites for hydroxylation is 1. The minimum absolute atomic E-state index is 0.277. The zero-order valence-electron chi connectivity index (χ0n) is 14.6. The molecule has 24 heavy (non-hydrogen) atoms. The molecule has 0 aliphatic heterocycles. The first kappa shape index (κ1) is 17.2. The van der Waals surface area contributed by atoms with E-state index in [0.717, 1.165) is 19.4 Å². The lowest BCUT2D eigenvalue weighted by Gasteiger charge is -2.31. The molecule has 0 radical (unpaired) electrons. The highest BCUT2D eigenvalue weighted by molar-refractivity contribution is 5.96. The Morgan fingerprint density at radius 1 is 1.12 bits per heavy atom. The molecule has 0 unspecified atom stereocenters. The molecule has 1 saturated carbocycles. The average Bonchev–Trinajstić information content (AvgIpc) is 2.63. The van der Waals surface area contributed by atoms with Gasteiger partial charge in [0.1, 0.15) is 0 Å². The number of nitrogens with one attached hydrogen (secondary N) is 2. The number of nitrogens with zero attached hydrogens (tertiary/aromatic N) is 1. The average molecular weight is 327 g/mol. The van der Waals surface area contributed by atoms with Gasteiger partial charge in [0.2, 0.25) is 0 Å². The maximum Gasteiger partial charge on any atom is 0.0443 e. The van der Waals surface area contributed by atoms with Crippen LogP contribution in [0.5, 0.6) is 0 Å². The third kappa shape index (κ3) is 4.05. The van der Waals surface area contributed by atoms with Crippen molar-refractivity contribution in [1.82, 2.24) is 10.3 Å². The summed E-state index contributed by atoms with van der Waals surface area (Å²) in [5.74, 6) is 0. The molecular weight excluding hydrogens is 298 g/mol. The van der Waals surface area contributed by atoms with Crippen LogP contribution in [0, 0.1) is 0 Å². The molecule has 0 amide bonds. The third-order valence-electron chi connectivity index (χ3n) is 5.10. The number of benzene rings is 1. The number of fused-ring (bicyclic) bond motifs is 1. The van der Waals surface area contributed by atoms with Gasteiger partial charge in [-0.2, -0.15) is 0 Å². The van der Waals surface area contributed by atoms with Gasteiger partial charge in [-0.15, -0.1) is 0 Å². The van der Waals surface area contributed by atoms with E-state index in [1.165, 1.54) is 47.7 Å². The van der Waals surface area contributed by atoms with E-state index < -0.39 is 0 Å². The van der Waals surface area contributed by atoms with Gasteiger partial charge >= 0.3 is 0 Å².